The van der Waals surface area contributed by atoms with Crippen LogP contribution in [0.5, 0.6) is 0 Å². The van der Waals surface area contributed by atoms with E-state index in [4.69, 9.17) is 0 Å². The van der Waals surface area contributed by atoms with Crippen LogP contribution < -0.4 is 5.56 Å². The maximum Gasteiger partial charge on any atom is 0.401 e. The average Bonchev–Trinajstić information content (AvgIpc) is 3.04. The molecule has 7 heteroatoms. The van der Waals surface area contributed by atoms with Gasteiger partial charge in [0.1, 0.15) is 0 Å². The molecular formula is C22H26F3N3O. The van der Waals surface area contributed by atoms with Gasteiger partial charge in [-0.2, -0.15) is 13.2 Å². The maximum absolute atomic E-state index is 12.9. The molecule has 1 spiro atoms. The summed E-state index contributed by atoms with van der Waals surface area (Å²) in [6.07, 6.45) is 2.05. The lowest BCUT2D eigenvalue weighted by molar-refractivity contribution is -0.154. The summed E-state index contributed by atoms with van der Waals surface area (Å²) in [5.74, 6) is 0.209. The Morgan fingerprint density at radius 2 is 1.90 bits per heavy atom. The van der Waals surface area contributed by atoms with E-state index in [0.29, 0.717) is 25.3 Å². The van der Waals surface area contributed by atoms with Crippen LogP contribution in [0, 0.1) is 11.3 Å². The minimum absolute atomic E-state index is 0.108. The van der Waals surface area contributed by atoms with Crippen molar-refractivity contribution in [3.05, 3.63) is 53.1 Å². The first-order chi connectivity index (χ1) is 13.8. The molecule has 1 aliphatic carbocycles. The van der Waals surface area contributed by atoms with Crippen molar-refractivity contribution in [1.29, 1.82) is 0 Å². The first-order valence-electron chi connectivity index (χ1n) is 10.3. The summed E-state index contributed by atoms with van der Waals surface area (Å²) in [6, 6.07) is 11.1. The standard InChI is InChI=1S/C22H26F3N3O/c23-22(24,25)15-27-11-5-10-21(14-27)9-4-8-18(21)13-28-16-26-19(12-20(28)29)17-6-2-1-3-7-17/h1-3,6-7,12,16,18H,4-5,8-11,13-15H2. The van der Waals surface area contributed by atoms with Crippen molar-refractivity contribution in [2.75, 3.05) is 19.6 Å². The Balaban J connectivity index is 1.51. The van der Waals surface area contributed by atoms with Gasteiger partial charge in [-0.1, -0.05) is 36.8 Å². The van der Waals surface area contributed by atoms with Gasteiger partial charge in [0, 0.05) is 24.7 Å². The van der Waals surface area contributed by atoms with Crippen molar-refractivity contribution < 1.29 is 13.2 Å². The smallest absolute Gasteiger partial charge is 0.299 e. The lowest BCUT2D eigenvalue weighted by Gasteiger charge is -2.44. The molecule has 1 saturated carbocycles. The predicted octanol–water partition coefficient (Wildman–Crippen LogP) is 4.35. The summed E-state index contributed by atoms with van der Waals surface area (Å²) in [6.45, 7) is 0.665. The van der Waals surface area contributed by atoms with Crippen LogP contribution in [0.25, 0.3) is 11.3 Å². The van der Waals surface area contributed by atoms with Gasteiger partial charge in [0.2, 0.25) is 0 Å². The number of likely N-dealkylation sites (tertiary alicyclic amines) is 1. The number of halogens is 3. The number of hydrogen-bond acceptors (Lipinski definition) is 3. The minimum Gasteiger partial charge on any atom is -0.299 e. The lowest BCUT2D eigenvalue weighted by atomic mass is 9.71. The summed E-state index contributed by atoms with van der Waals surface area (Å²) in [4.78, 5) is 18.7. The van der Waals surface area contributed by atoms with Gasteiger partial charge in [0.25, 0.3) is 5.56 Å². The molecule has 0 N–H and O–H groups in total. The number of benzene rings is 1. The SMILES string of the molecule is O=c1cc(-c2ccccc2)ncn1CC1CCCC12CCCN(CC(F)(F)F)C2. The highest BCUT2D eigenvalue weighted by Crippen LogP contribution is 2.50. The summed E-state index contributed by atoms with van der Waals surface area (Å²) < 4.78 is 40.3. The third-order valence-electron chi connectivity index (χ3n) is 6.55. The molecule has 2 aromatic rings. The number of hydrogen-bond donors (Lipinski definition) is 0. The van der Waals surface area contributed by atoms with Gasteiger partial charge < -0.3 is 0 Å². The van der Waals surface area contributed by atoms with E-state index in [0.717, 1.165) is 37.7 Å². The van der Waals surface area contributed by atoms with Crippen molar-refractivity contribution in [3.63, 3.8) is 0 Å². The molecule has 2 heterocycles. The largest absolute Gasteiger partial charge is 0.401 e. The normalized spacial score (nSPS) is 25.6. The first kappa shape index (κ1) is 20.1. The predicted molar refractivity (Wildman–Crippen MR) is 105 cm³/mol. The third-order valence-corrected chi connectivity index (χ3v) is 6.55. The molecule has 0 amide bonds. The van der Waals surface area contributed by atoms with Gasteiger partial charge in [0.05, 0.1) is 18.6 Å². The van der Waals surface area contributed by atoms with E-state index in [9.17, 15) is 18.0 Å². The molecule has 1 aromatic heterocycles. The molecule has 2 aliphatic rings. The van der Waals surface area contributed by atoms with Gasteiger partial charge in [0.15, 0.2) is 0 Å². The molecule has 1 saturated heterocycles. The topological polar surface area (TPSA) is 38.1 Å². The van der Waals surface area contributed by atoms with Crippen molar-refractivity contribution in [2.24, 2.45) is 11.3 Å². The van der Waals surface area contributed by atoms with Crippen LogP contribution in [-0.2, 0) is 6.54 Å². The molecule has 2 unspecified atom stereocenters. The Hall–Kier alpha value is -2.15. The van der Waals surface area contributed by atoms with E-state index in [1.165, 1.54) is 0 Å². The summed E-state index contributed by atoms with van der Waals surface area (Å²) in [5.41, 5.74) is 1.30. The number of nitrogens with zero attached hydrogens (tertiary/aromatic N) is 3. The highest BCUT2D eigenvalue weighted by Gasteiger charge is 2.46. The Kier molecular flexibility index (Phi) is 5.51. The summed E-state index contributed by atoms with van der Waals surface area (Å²) >= 11 is 0. The van der Waals surface area contributed by atoms with Crippen LogP contribution >= 0.6 is 0 Å². The van der Waals surface area contributed by atoms with E-state index < -0.39 is 12.7 Å². The second kappa shape index (κ2) is 7.94. The fourth-order valence-corrected chi connectivity index (χ4v) is 5.25. The van der Waals surface area contributed by atoms with Crippen molar-refractivity contribution in [2.45, 2.75) is 44.8 Å². The molecule has 1 aromatic carbocycles. The third kappa shape index (κ3) is 4.55. The Labute approximate surface area is 168 Å². The summed E-state index contributed by atoms with van der Waals surface area (Å²) in [5, 5.41) is 0. The van der Waals surface area contributed by atoms with Gasteiger partial charge in [-0.15, -0.1) is 0 Å². The summed E-state index contributed by atoms with van der Waals surface area (Å²) in [7, 11) is 0. The number of rotatable bonds is 4. The Morgan fingerprint density at radius 3 is 2.62 bits per heavy atom. The fraction of sp³-hybridized carbons (Fsp3) is 0.545. The van der Waals surface area contributed by atoms with Crippen LogP contribution in [0.4, 0.5) is 13.2 Å². The molecule has 2 fully saturated rings. The van der Waals surface area contributed by atoms with E-state index in [2.05, 4.69) is 4.98 Å². The number of aromatic nitrogens is 2. The zero-order chi connectivity index (χ0) is 20.5. The quantitative estimate of drug-likeness (QED) is 0.759. The van der Waals surface area contributed by atoms with Crippen molar-refractivity contribution in [1.82, 2.24) is 14.5 Å². The van der Waals surface area contributed by atoms with Crippen LogP contribution in [0.15, 0.2) is 47.5 Å². The molecule has 4 nitrogen and oxygen atoms in total. The van der Waals surface area contributed by atoms with Gasteiger partial charge in [-0.3, -0.25) is 14.3 Å². The molecular weight excluding hydrogens is 379 g/mol. The number of piperidine rings is 1. The van der Waals surface area contributed by atoms with E-state index >= 15 is 0 Å². The Morgan fingerprint density at radius 1 is 1.14 bits per heavy atom. The van der Waals surface area contributed by atoms with Crippen molar-refractivity contribution in [3.8, 4) is 11.3 Å². The van der Waals surface area contributed by atoms with Crippen molar-refractivity contribution >= 4 is 0 Å². The molecule has 4 rings (SSSR count). The van der Waals surface area contributed by atoms with Gasteiger partial charge in [-0.05, 0) is 43.6 Å². The average molecular weight is 405 g/mol. The van der Waals surface area contributed by atoms with E-state index in [1.54, 1.807) is 21.9 Å². The van der Waals surface area contributed by atoms with Crippen LogP contribution in [0.3, 0.4) is 0 Å². The molecule has 29 heavy (non-hydrogen) atoms. The van der Waals surface area contributed by atoms with Gasteiger partial charge >= 0.3 is 6.18 Å². The first-order valence-corrected chi connectivity index (χ1v) is 10.3. The second-order valence-corrected chi connectivity index (χ2v) is 8.51. The number of alkyl halides is 3. The second-order valence-electron chi connectivity index (χ2n) is 8.51. The zero-order valence-electron chi connectivity index (χ0n) is 16.4. The molecule has 1 aliphatic heterocycles. The monoisotopic (exact) mass is 405 g/mol. The molecule has 0 radical (unpaired) electrons. The highest BCUT2D eigenvalue weighted by molar-refractivity contribution is 5.57. The Bertz CT molecular complexity index is 896. The molecule has 2 atom stereocenters. The van der Waals surface area contributed by atoms with Gasteiger partial charge in [-0.25, -0.2) is 4.98 Å². The minimum atomic E-state index is -4.17. The lowest BCUT2D eigenvalue weighted by Crippen LogP contribution is -2.49. The van der Waals surface area contributed by atoms with E-state index in [-0.39, 0.29) is 16.9 Å². The van der Waals surface area contributed by atoms with Crippen LogP contribution in [0.2, 0.25) is 0 Å². The molecule has 156 valence electrons. The maximum atomic E-state index is 12.9. The molecule has 0 bridgehead atoms. The van der Waals surface area contributed by atoms with Crippen LogP contribution in [0.1, 0.15) is 32.1 Å². The zero-order valence-corrected chi connectivity index (χ0v) is 16.4. The van der Waals surface area contributed by atoms with Crippen LogP contribution in [-0.4, -0.2) is 40.3 Å². The highest BCUT2D eigenvalue weighted by atomic mass is 19.4. The fourth-order valence-electron chi connectivity index (χ4n) is 5.25. The van der Waals surface area contributed by atoms with E-state index in [1.807, 2.05) is 30.3 Å².